The molecule has 23 heavy (non-hydrogen) atoms. The summed E-state index contributed by atoms with van der Waals surface area (Å²) in [6, 6.07) is 13.0. The second-order valence-electron chi connectivity index (χ2n) is 5.43. The lowest BCUT2D eigenvalue weighted by Crippen LogP contribution is -1.93. The summed E-state index contributed by atoms with van der Waals surface area (Å²) in [5.74, 6) is 0.973. The van der Waals surface area contributed by atoms with E-state index in [-0.39, 0.29) is 5.75 Å². The van der Waals surface area contributed by atoms with Crippen molar-refractivity contribution in [3.8, 4) is 17.0 Å². The highest BCUT2D eigenvalue weighted by Crippen LogP contribution is 2.26. The molecule has 2 heterocycles. The molecule has 0 radical (unpaired) electrons. The number of hydrogen-bond donors (Lipinski definition) is 4. The van der Waals surface area contributed by atoms with E-state index < -0.39 is 0 Å². The van der Waals surface area contributed by atoms with Gasteiger partial charge in [-0.1, -0.05) is 0 Å². The van der Waals surface area contributed by atoms with Crippen LogP contribution in [0.3, 0.4) is 0 Å². The molecule has 4 aromatic rings. The minimum atomic E-state index is 0.245. The lowest BCUT2D eigenvalue weighted by Gasteiger charge is -2.06. The maximum absolute atomic E-state index is 9.36. The average Bonchev–Trinajstić information content (AvgIpc) is 3.18. The molecule has 4 N–H and O–H groups in total. The second-order valence-corrected chi connectivity index (χ2v) is 5.43. The normalized spacial score (nSPS) is 11.0. The molecule has 0 atom stereocenters. The quantitative estimate of drug-likeness (QED) is 0.464. The van der Waals surface area contributed by atoms with Gasteiger partial charge in [-0.3, -0.25) is 5.10 Å². The maximum Gasteiger partial charge on any atom is 0.152 e. The Morgan fingerprint density at radius 2 is 1.91 bits per heavy atom. The van der Waals surface area contributed by atoms with Crippen LogP contribution < -0.4 is 5.32 Å². The lowest BCUT2D eigenvalue weighted by molar-refractivity contribution is 0.475. The Hall–Kier alpha value is -3.28. The molecule has 0 saturated carbocycles. The van der Waals surface area contributed by atoms with Crippen molar-refractivity contribution < 1.29 is 5.11 Å². The first-order chi connectivity index (χ1) is 11.2. The van der Waals surface area contributed by atoms with E-state index in [2.05, 4.69) is 31.5 Å². The van der Waals surface area contributed by atoms with Gasteiger partial charge in [0.1, 0.15) is 5.75 Å². The Morgan fingerprint density at radius 3 is 2.74 bits per heavy atom. The third-order valence-corrected chi connectivity index (χ3v) is 3.79. The molecule has 0 fully saturated rings. The number of imidazole rings is 1. The molecule has 0 bridgehead atoms. The number of nitrogens with zero attached hydrogens (tertiary/aromatic N) is 2. The fourth-order valence-corrected chi connectivity index (χ4v) is 2.54. The number of fused-ring (bicyclic) bond motifs is 1. The van der Waals surface area contributed by atoms with E-state index in [1.54, 1.807) is 18.5 Å². The van der Waals surface area contributed by atoms with Gasteiger partial charge in [0.25, 0.3) is 0 Å². The largest absolute Gasteiger partial charge is 0.508 e. The number of aryl methyl sites for hydroxylation is 1. The predicted octanol–water partition coefficient (Wildman–Crippen LogP) is 3.71. The number of rotatable bonds is 3. The van der Waals surface area contributed by atoms with E-state index in [9.17, 15) is 5.11 Å². The molecule has 6 heteroatoms. The summed E-state index contributed by atoms with van der Waals surface area (Å²) in [5, 5.41) is 20.0. The Morgan fingerprint density at radius 1 is 1.09 bits per heavy atom. The van der Waals surface area contributed by atoms with Crippen LogP contribution in [-0.2, 0) is 0 Å². The summed E-state index contributed by atoms with van der Waals surface area (Å²) in [6.45, 7) is 2.04. The van der Waals surface area contributed by atoms with Crippen LogP contribution in [-0.4, -0.2) is 25.3 Å². The molecule has 6 nitrogen and oxygen atoms in total. The molecular weight excluding hydrogens is 290 g/mol. The molecule has 4 rings (SSSR count). The predicted molar refractivity (Wildman–Crippen MR) is 89.8 cm³/mol. The van der Waals surface area contributed by atoms with Gasteiger partial charge < -0.3 is 15.4 Å². The van der Waals surface area contributed by atoms with Crippen LogP contribution in [0.2, 0.25) is 0 Å². The number of nitrogens with one attached hydrogen (secondary N) is 3. The van der Waals surface area contributed by atoms with Gasteiger partial charge in [0.2, 0.25) is 0 Å². The van der Waals surface area contributed by atoms with Crippen molar-refractivity contribution in [3.63, 3.8) is 0 Å². The summed E-state index contributed by atoms with van der Waals surface area (Å²) < 4.78 is 0. The number of aromatic amines is 2. The summed E-state index contributed by atoms with van der Waals surface area (Å²) >= 11 is 0. The Bertz CT molecular complexity index is 968. The molecule has 2 aromatic carbocycles. The average molecular weight is 305 g/mol. The summed E-state index contributed by atoms with van der Waals surface area (Å²) in [5.41, 5.74) is 5.84. The van der Waals surface area contributed by atoms with E-state index >= 15 is 0 Å². The van der Waals surface area contributed by atoms with E-state index in [0.29, 0.717) is 0 Å². The number of aromatic nitrogens is 4. The standard InChI is InChI=1S/C17H15N5O/c1-10-6-15-16(19-9-18-15)7-13(10)20-17-8-14(21-22-17)11-2-4-12(23)5-3-11/h2-9,23H,1H3,(H,18,19)(H2,20,21,22). The fraction of sp³-hybridized carbons (Fsp3) is 0.0588. The number of phenolic OH excluding ortho intramolecular Hbond substituents is 1. The molecule has 0 aliphatic rings. The number of hydrogen-bond acceptors (Lipinski definition) is 4. The van der Waals surface area contributed by atoms with Crippen molar-refractivity contribution >= 4 is 22.5 Å². The van der Waals surface area contributed by atoms with Crippen molar-refractivity contribution in [1.82, 2.24) is 20.2 Å². The van der Waals surface area contributed by atoms with Crippen LogP contribution in [0.1, 0.15) is 5.56 Å². The molecule has 2 aromatic heterocycles. The van der Waals surface area contributed by atoms with Gasteiger partial charge in [0.05, 0.1) is 23.1 Å². The van der Waals surface area contributed by atoms with Crippen molar-refractivity contribution in [2.45, 2.75) is 6.92 Å². The molecule has 0 saturated heterocycles. The monoisotopic (exact) mass is 305 g/mol. The third kappa shape index (κ3) is 2.50. The van der Waals surface area contributed by atoms with E-state index in [0.717, 1.165) is 39.4 Å². The molecular formula is C17H15N5O. The molecule has 0 aliphatic heterocycles. The maximum atomic E-state index is 9.36. The minimum absolute atomic E-state index is 0.245. The summed E-state index contributed by atoms with van der Waals surface area (Å²) in [4.78, 5) is 7.38. The van der Waals surface area contributed by atoms with Crippen LogP contribution in [0.4, 0.5) is 11.5 Å². The topological polar surface area (TPSA) is 89.6 Å². The van der Waals surface area contributed by atoms with Crippen LogP contribution in [0, 0.1) is 6.92 Å². The van der Waals surface area contributed by atoms with Crippen LogP contribution in [0.25, 0.3) is 22.3 Å². The number of phenols is 1. The highest BCUT2D eigenvalue weighted by Gasteiger charge is 2.07. The van der Waals surface area contributed by atoms with Crippen LogP contribution in [0.15, 0.2) is 48.8 Å². The molecule has 0 spiro atoms. The zero-order chi connectivity index (χ0) is 15.8. The SMILES string of the molecule is Cc1cc2[nH]cnc2cc1Nc1cc(-c2ccc(O)cc2)[nH]n1. The summed E-state index contributed by atoms with van der Waals surface area (Å²) in [7, 11) is 0. The molecule has 0 aliphatic carbocycles. The van der Waals surface area contributed by atoms with Gasteiger partial charge in [-0.2, -0.15) is 5.10 Å². The van der Waals surface area contributed by atoms with Gasteiger partial charge >= 0.3 is 0 Å². The van der Waals surface area contributed by atoms with Crippen molar-refractivity contribution in [3.05, 3.63) is 54.4 Å². The fourth-order valence-electron chi connectivity index (χ4n) is 2.54. The minimum Gasteiger partial charge on any atom is -0.508 e. The third-order valence-electron chi connectivity index (χ3n) is 3.79. The lowest BCUT2D eigenvalue weighted by atomic mass is 10.1. The van der Waals surface area contributed by atoms with Gasteiger partial charge in [-0.25, -0.2) is 4.98 Å². The van der Waals surface area contributed by atoms with Gasteiger partial charge in [0.15, 0.2) is 5.82 Å². The number of aromatic hydroxyl groups is 1. The van der Waals surface area contributed by atoms with Crippen molar-refractivity contribution in [2.24, 2.45) is 0 Å². The number of anilines is 2. The highest BCUT2D eigenvalue weighted by atomic mass is 16.3. The smallest absolute Gasteiger partial charge is 0.152 e. The van der Waals surface area contributed by atoms with Crippen molar-refractivity contribution in [2.75, 3.05) is 5.32 Å². The Kier molecular flexibility index (Phi) is 3.01. The van der Waals surface area contributed by atoms with Crippen LogP contribution in [0.5, 0.6) is 5.75 Å². The van der Waals surface area contributed by atoms with Gasteiger partial charge in [-0.05, 0) is 54.4 Å². The van der Waals surface area contributed by atoms with Crippen molar-refractivity contribution in [1.29, 1.82) is 0 Å². The summed E-state index contributed by atoms with van der Waals surface area (Å²) in [6.07, 6.45) is 1.69. The first-order valence-electron chi connectivity index (χ1n) is 7.24. The molecule has 0 amide bonds. The Labute approximate surface area is 132 Å². The first kappa shape index (κ1) is 13.4. The van der Waals surface area contributed by atoms with Crippen LogP contribution >= 0.6 is 0 Å². The molecule has 114 valence electrons. The van der Waals surface area contributed by atoms with E-state index in [1.807, 2.05) is 31.2 Å². The van der Waals surface area contributed by atoms with Gasteiger partial charge in [-0.15, -0.1) is 0 Å². The second kappa shape index (κ2) is 5.17. The first-order valence-corrected chi connectivity index (χ1v) is 7.24. The van der Waals surface area contributed by atoms with E-state index in [1.165, 1.54) is 0 Å². The zero-order valence-corrected chi connectivity index (χ0v) is 12.5. The Balaban J connectivity index is 1.63. The number of H-pyrrole nitrogens is 2. The van der Waals surface area contributed by atoms with Gasteiger partial charge in [0, 0.05) is 11.8 Å². The zero-order valence-electron chi connectivity index (χ0n) is 12.5. The number of benzene rings is 2. The van der Waals surface area contributed by atoms with E-state index in [4.69, 9.17) is 0 Å². The highest BCUT2D eigenvalue weighted by molar-refractivity contribution is 5.82. The molecule has 0 unspecified atom stereocenters.